The van der Waals surface area contributed by atoms with E-state index in [0.29, 0.717) is 11.6 Å². The Kier molecular flexibility index (Phi) is 7.42. The van der Waals surface area contributed by atoms with Crippen molar-refractivity contribution in [3.63, 3.8) is 0 Å². The summed E-state index contributed by atoms with van der Waals surface area (Å²) in [6.45, 7) is 6.93. The molecule has 0 amide bonds. The first-order valence-electron chi connectivity index (χ1n) is 8.09. The number of guanidine groups is 1. The molecular formula is C17H24ClN5O. The van der Waals surface area contributed by atoms with Gasteiger partial charge in [0.15, 0.2) is 5.96 Å². The fourth-order valence-electron chi connectivity index (χ4n) is 2.07. The molecule has 2 N–H and O–H groups in total. The summed E-state index contributed by atoms with van der Waals surface area (Å²) in [4.78, 5) is 4.56. The topological polar surface area (TPSA) is 63.5 Å². The number of aromatic nitrogens is 2. The molecule has 1 atom stereocenters. The summed E-state index contributed by atoms with van der Waals surface area (Å²) in [6, 6.07) is 9.25. The highest BCUT2D eigenvalue weighted by atomic mass is 35.5. The van der Waals surface area contributed by atoms with Crippen LogP contribution in [0.1, 0.15) is 13.8 Å². The van der Waals surface area contributed by atoms with Gasteiger partial charge in [0.25, 0.3) is 0 Å². The van der Waals surface area contributed by atoms with Gasteiger partial charge in [-0.15, -0.1) is 0 Å². The van der Waals surface area contributed by atoms with Gasteiger partial charge in [0.2, 0.25) is 0 Å². The minimum absolute atomic E-state index is 0.0345. The van der Waals surface area contributed by atoms with Gasteiger partial charge in [0, 0.05) is 30.5 Å². The number of hydrogen-bond acceptors (Lipinski definition) is 3. The highest BCUT2D eigenvalue weighted by molar-refractivity contribution is 6.30. The molecule has 1 heterocycles. The van der Waals surface area contributed by atoms with Crippen molar-refractivity contribution in [1.29, 1.82) is 0 Å². The molecule has 2 rings (SSSR count). The second-order valence-electron chi connectivity index (χ2n) is 5.30. The van der Waals surface area contributed by atoms with Gasteiger partial charge in [0.1, 0.15) is 11.9 Å². The van der Waals surface area contributed by atoms with Crippen LogP contribution in [0.5, 0.6) is 5.75 Å². The van der Waals surface area contributed by atoms with E-state index in [1.807, 2.05) is 55.1 Å². The van der Waals surface area contributed by atoms with Gasteiger partial charge in [-0.05, 0) is 44.2 Å². The van der Waals surface area contributed by atoms with Crippen molar-refractivity contribution in [2.45, 2.75) is 26.5 Å². The van der Waals surface area contributed by atoms with E-state index in [1.165, 1.54) is 0 Å². The number of ether oxygens (including phenoxy) is 1. The molecule has 1 aromatic carbocycles. The third-order valence-electron chi connectivity index (χ3n) is 3.19. The highest BCUT2D eigenvalue weighted by Gasteiger charge is 2.05. The maximum atomic E-state index is 5.87. The second-order valence-corrected chi connectivity index (χ2v) is 5.73. The van der Waals surface area contributed by atoms with E-state index in [2.05, 4.69) is 20.7 Å². The van der Waals surface area contributed by atoms with Crippen molar-refractivity contribution in [2.24, 2.45) is 4.99 Å². The Hall–Kier alpha value is -2.21. The van der Waals surface area contributed by atoms with Gasteiger partial charge in [-0.3, -0.25) is 4.68 Å². The van der Waals surface area contributed by atoms with Gasteiger partial charge >= 0.3 is 0 Å². The van der Waals surface area contributed by atoms with E-state index >= 15 is 0 Å². The standard InChI is InChI=1S/C17H24ClN5O/c1-3-19-17(20-10-12-23-11-4-9-22-23)21-13-14(2)24-16-7-5-15(18)6-8-16/h4-9,11,14H,3,10,12-13H2,1-2H3,(H2,19,20,21). The van der Waals surface area contributed by atoms with E-state index in [4.69, 9.17) is 16.3 Å². The lowest BCUT2D eigenvalue weighted by molar-refractivity contribution is 0.230. The molecule has 6 nitrogen and oxygen atoms in total. The van der Waals surface area contributed by atoms with Gasteiger partial charge in [-0.1, -0.05) is 11.6 Å². The Morgan fingerprint density at radius 2 is 2.12 bits per heavy atom. The van der Waals surface area contributed by atoms with Crippen LogP contribution in [-0.2, 0) is 6.54 Å². The van der Waals surface area contributed by atoms with E-state index < -0.39 is 0 Å². The maximum Gasteiger partial charge on any atom is 0.191 e. The van der Waals surface area contributed by atoms with Crippen LogP contribution in [0.4, 0.5) is 0 Å². The Balaban J connectivity index is 1.79. The molecule has 0 saturated carbocycles. The van der Waals surface area contributed by atoms with Crippen LogP contribution in [0.15, 0.2) is 47.7 Å². The number of benzene rings is 1. The highest BCUT2D eigenvalue weighted by Crippen LogP contribution is 2.16. The summed E-state index contributed by atoms with van der Waals surface area (Å²) in [7, 11) is 0. The molecule has 1 aromatic heterocycles. The zero-order valence-corrected chi connectivity index (χ0v) is 14.8. The molecule has 0 bridgehead atoms. The number of aliphatic imine (C=N–C) groups is 1. The maximum absolute atomic E-state index is 5.87. The first-order valence-corrected chi connectivity index (χ1v) is 8.47. The van der Waals surface area contributed by atoms with Crippen LogP contribution in [0, 0.1) is 0 Å². The van der Waals surface area contributed by atoms with E-state index in [1.54, 1.807) is 6.20 Å². The molecule has 130 valence electrons. The molecule has 0 fully saturated rings. The first kappa shape index (κ1) is 18.1. The van der Waals surface area contributed by atoms with Crippen molar-refractivity contribution >= 4 is 17.6 Å². The van der Waals surface area contributed by atoms with Gasteiger partial charge < -0.3 is 15.4 Å². The van der Waals surface area contributed by atoms with Crippen molar-refractivity contribution < 1.29 is 4.74 Å². The molecule has 0 aliphatic carbocycles. The Bertz CT molecular complexity index is 612. The quantitative estimate of drug-likeness (QED) is 0.568. The van der Waals surface area contributed by atoms with Crippen LogP contribution >= 0.6 is 11.6 Å². The summed E-state index contributed by atoms with van der Waals surface area (Å²) in [5, 5.41) is 11.4. The molecule has 0 radical (unpaired) electrons. The number of hydrogen-bond donors (Lipinski definition) is 2. The van der Waals surface area contributed by atoms with Crippen molar-refractivity contribution in [1.82, 2.24) is 20.4 Å². The van der Waals surface area contributed by atoms with Gasteiger partial charge in [-0.25, -0.2) is 4.99 Å². The third kappa shape index (κ3) is 6.50. The number of halogens is 1. The molecule has 0 spiro atoms. The zero-order chi connectivity index (χ0) is 17.2. The fourth-order valence-corrected chi connectivity index (χ4v) is 2.19. The summed E-state index contributed by atoms with van der Waals surface area (Å²) in [6.07, 6.45) is 3.68. The molecule has 2 aromatic rings. The van der Waals surface area contributed by atoms with E-state index in [0.717, 1.165) is 31.3 Å². The smallest absolute Gasteiger partial charge is 0.191 e. The Labute approximate surface area is 147 Å². The SMILES string of the molecule is CCNC(=NCC(C)Oc1ccc(Cl)cc1)NCCn1cccn1. The van der Waals surface area contributed by atoms with Crippen molar-refractivity contribution in [2.75, 3.05) is 19.6 Å². The van der Waals surface area contributed by atoms with E-state index in [9.17, 15) is 0 Å². The molecule has 7 heteroatoms. The molecule has 0 saturated heterocycles. The lowest BCUT2D eigenvalue weighted by Gasteiger charge is -2.15. The minimum atomic E-state index is -0.0345. The Morgan fingerprint density at radius 1 is 1.33 bits per heavy atom. The van der Waals surface area contributed by atoms with Crippen LogP contribution < -0.4 is 15.4 Å². The first-order chi connectivity index (χ1) is 11.7. The second kappa shape index (κ2) is 9.82. The average molecular weight is 350 g/mol. The molecule has 24 heavy (non-hydrogen) atoms. The summed E-state index contributed by atoms with van der Waals surface area (Å²) < 4.78 is 7.70. The monoisotopic (exact) mass is 349 g/mol. The minimum Gasteiger partial charge on any atom is -0.489 e. The normalized spacial score (nSPS) is 12.7. The van der Waals surface area contributed by atoms with Gasteiger partial charge in [0.05, 0.1) is 13.1 Å². The lowest BCUT2D eigenvalue weighted by Crippen LogP contribution is -2.39. The summed E-state index contributed by atoms with van der Waals surface area (Å²) in [5.41, 5.74) is 0. The fraction of sp³-hybridized carbons (Fsp3) is 0.412. The average Bonchev–Trinajstić information content (AvgIpc) is 3.08. The van der Waals surface area contributed by atoms with Crippen LogP contribution in [0.3, 0.4) is 0 Å². The molecule has 0 aliphatic rings. The number of nitrogens with zero attached hydrogens (tertiary/aromatic N) is 3. The van der Waals surface area contributed by atoms with Gasteiger partial charge in [-0.2, -0.15) is 5.10 Å². The molecule has 0 aliphatic heterocycles. The Morgan fingerprint density at radius 3 is 2.79 bits per heavy atom. The van der Waals surface area contributed by atoms with Crippen LogP contribution in [0.25, 0.3) is 0 Å². The molecule has 1 unspecified atom stereocenters. The largest absolute Gasteiger partial charge is 0.489 e. The van der Waals surface area contributed by atoms with Crippen LogP contribution in [0.2, 0.25) is 5.02 Å². The van der Waals surface area contributed by atoms with Crippen molar-refractivity contribution in [3.05, 3.63) is 47.7 Å². The predicted octanol–water partition coefficient (Wildman–Crippen LogP) is 2.56. The third-order valence-corrected chi connectivity index (χ3v) is 3.45. The lowest BCUT2D eigenvalue weighted by atomic mass is 10.3. The van der Waals surface area contributed by atoms with Crippen molar-refractivity contribution in [3.8, 4) is 5.75 Å². The zero-order valence-electron chi connectivity index (χ0n) is 14.1. The molecular weight excluding hydrogens is 326 g/mol. The summed E-state index contributed by atoms with van der Waals surface area (Å²) in [5.74, 6) is 1.56. The summed E-state index contributed by atoms with van der Waals surface area (Å²) >= 11 is 5.87. The number of rotatable bonds is 8. The number of nitrogens with one attached hydrogen (secondary N) is 2. The van der Waals surface area contributed by atoms with Crippen LogP contribution in [-0.4, -0.2) is 41.5 Å². The van der Waals surface area contributed by atoms with E-state index in [-0.39, 0.29) is 6.10 Å². The predicted molar refractivity (Wildman–Crippen MR) is 97.8 cm³/mol.